The third-order valence-electron chi connectivity index (χ3n) is 6.77. The maximum absolute atomic E-state index is 14.7. The summed E-state index contributed by atoms with van der Waals surface area (Å²) in [5.41, 5.74) is 1.71. The summed E-state index contributed by atoms with van der Waals surface area (Å²) in [5.74, 6) is 2.33. The minimum absolute atomic E-state index is 0.103. The molecule has 5 atom stereocenters. The van der Waals surface area contributed by atoms with Crippen molar-refractivity contribution in [2.24, 2.45) is 23.7 Å². The van der Waals surface area contributed by atoms with Crippen molar-refractivity contribution in [1.82, 2.24) is 0 Å². The molecule has 0 aliphatic heterocycles. The molecule has 0 aromatic carbocycles. The van der Waals surface area contributed by atoms with Crippen molar-refractivity contribution in [3.63, 3.8) is 0 Å². The minimum Gasteiger partial charge on any atom is -0.380 e. The number of alkyl halides is 2. The average Bonchev–Trinajstić information content (AvgIpc) is 2.58. The molecule has 0 aromatic heterocycles. The summed E-state index contributed by atoms with van der Waals surface area (Å²) in [6, 6.07) is 0. The van der Waals surface area contributed by atoms with Gasteiger partial charge in [0.05, 0.1) is 11.5 Å². The van der Waals surface area contributed by atoms with E-state index in [0.717, 1.165) is 24.7 Å². The number of ether oxygens (including phenoxy) is 1. The largest absolute Gasteiger partial charge is 0.380 e. The van der Waals surface area contributed by atoms with E-state index in [2.05, 4.69) is 13.0 Å². The maximum Gasteiger partial charge on any atom is 0.122 e. The smallest absolute Gasteiger partial charge is 0.122 e. The van der Waals surface area contributed by atoms with E-state index in [1.54, 1.807) is 12.7 Å². The first kappa shape index (κ1) is 17.7. The van der Waals surface area contributed by atoms with Gasteiger partial charge in [0, 0.05) is 7.11 Å². The monoisotopic (exact) mass is 342 g/mol. The van der Waals surface area contributed by atoms with Crippen LogP contribution >= 0.6 is 11.6 Å². The molecule has 0 heterocycles. The van der Waals surface area contributed by atoms with E-state index < -0.39 is 11.5 Å². The fourth-order valence-corrected chi connectivity index (χ4v) is 5.55. The Bertz CT molecular complexity index is 416. The summed E-state index contributed by atoms with van der Waals surface area (Å²) in [7, 11) is 1.65. The summed E-state index contributed by atoms with van der Waals surface area (Å²) in [5, 5.41) is -0.459. The Labute approximate surface area is 146 Å². The lowest BCUT2D eigenvalue weighted by molar-refractivity contribution is -0.00328. The Morgan fingerprint density at radius 2 is 1.83 bits per heavy atom. The molecule has 0 spiro atoms. The van der Waals surface area contributed by atoms with Crippen molar-refractivity contribution in [2.75, 3.05) is 7.11 Å². The number of methoxy groups -OCH3 is 1. The molecule has 23 heavy (non-hydrogen) atoms. The van der Waals surface area contributed by atoms with Crippen LogP contribution in [0.2, 0.25) is 0 Å². The zero-order valence-electron chi connectivity index (χ0n) is 14.6. The van der Waals surface area contributed by atoms with Gasteiger partial charge in [0.25, 0.3) is 0 Å². The highest BCUT2D eigenvalue weighted by Crippen LogP contribution is 2.45. The van der Waals surface area contributed by atoms with Gasteiger partial charge in [0.1, 0.15) is 6.17 Å². The first-order valence-electron chi connectivity index (χ1n) is 9.60. The molecule has 3 aliphatic carbocycles. The minimum atomic E-state index is -0.897. The summed E-state index contributed by atoms with van der Waals surface area (Å²) in [4.78, 5) is 0. The van der Waals surface area contributed by atoms with Crippen LogP contribution in [0.1, 0.15) is 64.7 Å². The van der Waals surface area contributed by atoms with E-state index >= 15 is 0 Å². The fraction of sp³-hybridized carbons (Fsp3) is 0.900. The first-order chi connectivity index (χ1) is 11.1. The summed E-state index contributed by atoms with van der Waals surface area (Å²) < 4.78 is 20.1. The van der Waals surface area contributed by atoms with Crippen molar-refractivity contribution in [3.05, 3.63) is 11.6 Å². The number of rotatable bonds is 3. The molecule has 2 fully saturated rings. The van der Waals surface area contributed by atoms with Crippen molar-refractivity contribution in [2.45, 2.75) is 82.4 Å². The van der Waals surface area contributed by atoms with Gasteiger partial charge < -0.3 is 4.74 Å². The number of hydrogen-bond acceptors (Lipinski definition) is 1. The number of hydrogen-bond donors (Lipinski definition) is 0. The van der Waals surface area contributed by atoms with Gasteiger partial charge in [0.2, 0.25) is 0 Å². The van der Waals surface area contributed by atoms with Crippen LogP contribution in [0.25, 0.3) is 0 Å². The van der Waals surface area contributed by atoms with Gasteiger partial charge >= 0.3 is 0 Å². The molecule has 3 heteroatoms. The van der Waals surface area contributed by atoms with Crippen molar-refractivity contribution in [1.29, 1.82) is 0 Å². The molecule has 0 radical (unpaired) electrons. The van der Waals surface area contributed by atoms with Gasteiger partial charge in [0.15, 0.2) is 0 Å². The standard InChI is InChI=1S/C20H32ClFO/c1-13-3-5-14(6-4-13)15-7-9-16(10-8-15)17-11-12-18(23-2)19(21)20(17)22/h5,13,15-20H,3-4,6-12H2,1-2H3. The van der Waals surface area contributed by atoms with E-state index in [9.17, 15) is 4.39 Å². The SMILES string of the molecule is COC1CCC(C2CCC(C3=CCC(C)CC3)CC2)C(F)C1Cl. The van der Waals surface area contributed by atoms with Gasteiger partial charge in [-0.1, -0.05) is 18.6 Å². The van der Waals surface area contributed by atoms with E-state index in [0.29, 0.717) is 5.92 Å². The van der Waals surface area contributed by atoms with Crippen molar-refractivity contribution >= 4 is 11.6 Å². The summed E-state index contributed by atoms with van der Waals surface area (Å²) in [6.07, 6.45) is 12.2. The van der Waals surface area contributed by atoms with Crippen molar-refractivity contribution < 1.29 is 9.13 Å². The Balaban J connectivity index is 1.53. The summed E-state index contributed by atoms with van der Waals surface area (Å²) >= 11 is 6.30. The highest BCUT2D eigenvalue weighted by atomic mass is 35.5. The Kier molecular flexibility index (Phi) is 6.07. The molecule has 0 N–H and O–H groups in total. The van der Waals surface area contributed by atoms with Crippen LogP contribution < -0.4 is 0 Å². The molecule has 3 aliphatic rings. The summed E-state index contributed by atoms with van der Waals surface area (Å²) in [6.45, 7) is 2.35. The lowest BCUT2D eigenvalue weighted by Gasteiger charge is -2.42. The maximum atomic E-state index is 14.7. The van der Waals surface area contributed by atoms with E-state index in [1.807, 2.05) is 0 Å². The second-order valence-corrected chi connectivity index (χ2v) is 8.68. The molecule has 0 aromatic rings. The molecule has 1 nitrogen and oxygen atoms in total. The van der Waals surface area contributed by atoms with Gasteiger partial charge in [-0.25, -0.2) is 4.39 Å². The van der Waals surface area contributed by atoms with Crippen LogP contribution in [0.3, 0.4) is 0 Å². The predicted molar refractivity (Wildman–Crippen MR) is 94.6 cm³/mol. The Morgan fingerprint density at radius 3 is 2.43 bits per heavy atom. The Morgan fingerprint density at radius 1 is 1.09 bits per heavy atom. The molecule has 0 amide bonds. The third kappa shape index (κ3) is 3.95. The van der Waals surface area contributed by atoms with Gasteiger partial charge in [-0.2, -0.15) is 0 Å². The molecule has 0 saturated heterocycles. The van der Waals surface area contributed by atoms with E-state index in [-0.39, 0.29) is 12.0 Å². The molecule has 0 bridgehead atoms. The molecular formula is C20H32ClFO. The molecule has 2 saturated carbocycles. The average molecular weight is 343 g/mol. The normalized spacial score (nSPS) is 45.6. The van der Waals surface area contributed by atoms with Crippen LogP contribution in [-0.4, -0.2) is 24.8 Å². The quantitative estimate of drug-likeness (QED) is 0.457. The van der Waals surface area contributed by atoms with Gasteiger partial charge in [-0.05, 0) is 81.5 Å². The lowest BCUT2D eigenvalue weighted by Crippen LogP contribution is -2.44. The van der Waals surface area contributed by atoms with Gasteiger partial charge in [-0.3, -0.25) is 0 Å². The van der Waals surface area contributed by atoms with Crippen molar-refractivity contribution in [3.8, 4) is 0 Å². The second kappa shape index (κ2) is 7.87. The first-order valence-corrected chi connectivity index (χ1v) is 10.0. The third-order valence-corrected chi connectivity index (χ3v) is 7.29. The molecular weight excluding hydrogens is 311 g/mol. The molecule has 5 unspecified atom stereocenters. The second-order valence-electron chi connectivity index (χ2n) is 8.17. The lowest BCUT2D eigenvalue weighted by atomic mass is 9.67. The zero-order chi connectivity index (χ0) is 16.4. The van der Waals surface area contributed by atoms with E-state index in [4.69, 9.17) is 16.3 Å². The number of halogens is 2. The molecule has 132 valence electrons. The highest BCUT2D eigenvalue weighted by Gasteiger charge is 2.43. The van der Waals surface area contributed by atoms with Gasteiger partial charge in [-0.15, -0.1) is 11.6 Å². The molecule has 3 rings (SSSR count). The van der Waals surface area contributed by atoms with Crippen LogP contribution in [-0.2, 0) is 4.74 Å². The highest BCUT2D eigenvalue weighted by molar-refractivity contribution is 6.21. The van der Waals surface area contributed by atoms with Crippen LogP contribution in [0.15, 0.2) is 11.6 Å². The van der Waals surface area contributed by atoms with Crippen LogP contribution in [0, 0.1) is 23.7 Å². The number of allylic oxidation sites excluding steroid dienone is 2. The fourth-order valence-electron chi connectivity index (χ4n) is 5.13. The zero-order valence-corrected chi connectivity index (χ0v) is 15.4. The van der Waals surface area contributed by atoms with Crippen LogP contribution in [0.5, 0.6) is 0 Å². The van der Waals surface area contributed by atoms with E-state index in [1.165, 1.54) is 44.9 Å². The predicted octanol–water partition coefficient (Wildman–Crippen LogP) is 5.91. The Hall–Kier alpha value is -0.0800. The van der Waals surface area contributed by atoms with Crippen LogP contribution in [0.4, 0.5) is 4.39 Å². The topological polar surface area (TPSA) is 9.23 Å².